The Morgan fingerprint density at radius 1 is 1.32 bits per heavy atom. The van der Waals surface area contributed by atoms with Gasteiger partial charge in [0.15, 0.2) is 5.13 Å². The first-order valence-electron chi connectivity index (χ1n) is 6.08. The number of aliphatic carboxylic acids is 1. The van der Waals surface area contributed by atoms with Gasteiger partial charge in [-0.1, -0.05) is 55.5 Å². The summed E-state index contributed by atoms with van der Waals surface area (Å²) >= 11 is 1.46. The van der Waals surface area contributed by atoms with Gasteiger partial charge in [0.25, 0.3) is 0 Å². The van der Waals surface area contributed by atoms with Crippen LogP contribution in [0.2, 0.25) is 0 Å². The summed E-state index contributed by atoms with van der Waals surface area (Å²) in [5.74, 6) is -0.854. The van der Waals surface area contributed by atoms with E-state index in [0.29, 0.717) is 5.13 Å². The fourth-order valence-electron chi connectivity index (χ4n) is 1.72. The second-order valence-corrected chi connectivity index (χ2v) is 5.63. The fourth-order valence-corrected chi connectivity index (χ4v) is 2.58. The normalized spacial score (nSPS) is 12.4. The predicted molar refractivity (Wildman–Crippen MR) is 77.4 cm³/mol. The Morgan fingerprint density at radius 3 is 2.58 bits per heavy atom. The van der Waals surface area contributed by atoms with E-state index < -0.39 is 12.0 Å². The quantitative estimate of drug-likeness (QED) is 0.879. The van der Waals surface area contributed by atoms with E-state index in [9.17, 15) is 4.79 Å². The van der Waals surface area contributed by atoms with Crippen LogP contribution < -0.4 is 5.32 Å². The highest BCUT2D eigenvalue weighted by Crippen LogP contribution is 2.29. The minimum Gasteiger partial charge on any atom is -0.480 e. The van der Waals surface area contributed by atoms with Crippen LogP contribution in [0.3, 0.4) is 0 Å². The molecule has 4 nitrogen and oxygen atoms in total. The number of hydrogen-bond acceptors (Lipinski definition) is 4. The van der Waals surface area contributed by atoms with Crippen molar-refractivity contribution < 1.29 is 9.90 Å². The summed E-state index contributed by atoms with van der Waals surface area (Å²) in [4.78, 5) is 16.4. The molecule has 1 aromatic carbocycles. The van der Waals surface area contributed by atoms with E-state index in [1.165, 1.54) is 11.3 Å². The minimum absolute atomic E-state index is 0.00146. The van der Waals surface area contributed by atoms with E-state index in [1.807, 2.05) is 44.2 Å². The summed E-state index contributed by atoms with van der Waals surface area (Å²) in [7, 11) is 0. The third-order valence-corrected chi connectivity index (χ3v) is 3.75. The summed E-state index contributed by atoms with van der Waals surface area (Å²) in [6.45, 7) is 3.75. The monoisotopic (exact) mass is 276 g/mol. The van der Waals surface area contributed by atoms with Crippen LogP contribution in [0, 0.1) is 5.92 Å². The van der Waals surface area contributed by atoms with Crippen molar-refractivity contribution in [2.24, 2.45) is 5.92 Å². The van der Waals surface area contributed by atoms with E-state index in [0.717, 1.165) is 10.4 Å². The van der Waals surface area contributed by atoms with Gasteiger partial charge in [-0.15, -0.1) is 0 Å². The summed E-state index contributed by atoms with van der Waals surface area (Å²) in [5.41, 5.74) is 1.09. The van der Waals surface area contributed by atoms with Crippen LogP contribution in [0.1, 0.15) is 13.8 Å². The molecule has 0 spiro atoms. The summed E-state index contributed by atoms with van der Waals surface area (Å²) in [6, 6.07) is 9.30. The Bertz CT molecular complexity index is 552. The Morgan fingerprint density at radius 2 is 2.00 bits per heavy atom. The average molecular weight is 276 g/mol. The second kappa shape index (κ2) is 5.84. The molecule has 2 N–H and O–H groups in total. The highest BCUT2D eigenvalue weighted by molar-refractivity contribution is 7.18. The molecule has 0 aliphatic carbocycles. The number of hydrogen-bond donors (Lipinski definition) is 2. The zero-order valence-electron chi connectivity index (χ0n) is 10.8. The molecule has 2 rings (SSSR count). The Balaban J connectivity index is 2.16. The van der Waals surface area contributed by atoms with Gasteiger partial charge in [-0.25, -0.2) is 9.78 Å². The van der Waals surface area contributed by atoms with E-state index in [1.54, 1.807) is 6.20 Å². The lowest BCUT2D eigenvalue weighted by Gasteiger charge is -2.16. The topological polar surface area (TPSA) is 62.2 Å². The largest absolute Gasteiger partial charge is 0.480 e. The van der Waals surface area contributed by atoms with E-state index >= 15 is 0 Å². The molecule has 2 aromatic rings. The number of thiazole rings is 1. The summed E-state index contributed by atoms with van der Waals surface area (Å²) in [5, 5.41) is 12.8. The molecule has 0 saturated heterocycles. The SMILES string of the molecule is CC(C)[C@H](Nc1ncc(-c2ccccc2)s1)C(=O)O. The molecule has 1 aromatic heterocycles. The predicted octanol–water partition coefficient (Wildman–Crippen LogP) is 3.33. The zero-order valence-corrected chi connectivity index (χ0v) is 11.6. The van der Waals surface area contributed by atoms with Gasteiger partial charge in [-0.05, 0) is 11.5 Å². The highest BCUT2D eigenvalue weighted by Gasteiger charge is 2.22. The molecular weight excluding hydrogens is 260 g/mol. The molecule has 0 saturated carbocycles. The lowest BCUT2D eigenvalue weighted by Crippen LogP contribution is -2.34. The standard InChI is InChI=1S/C14H16N2O2S/c1-9(2)12(13(17)18)16-14-15-8-11(19-14)10-6-4-3-5-7-10/h3-9,12H,1-2H3,(H,15,16)(H,17,18)/t12-/m0/s1. The number of carboxylic acids is 1. The van der Waals surface area contributed by atoms with E-state index in [-0.39, 0.29) is 5.92 Å². The summed E-state index contributed by atoms with van der Waals surface area (Å²) < 4.78 is 0. The van der Waals surface area contributed by atoms with Crippen molar-refractivity contribution in [3.8, 4) is 10.4 Å². The van der Waals surface area contributed by atoms with Crippen LogP contribution in [0.25, 0.3) is 10.4 Å². The van der Waals surface area contributed by atoms with Gasteiger partial charge in [-0.2, -0.15) is 0 Å². The molecule has 0 aliphatic rings. The van der Waals surface area contributed by atoms with E-state index in [4.69, 9.17) is 5.11 Å². The Labute approximate surface area is 116 Å². The molecular formula is C14H16N2O2S. The lowest BCUT2D eigenvalue weighted by molar-refractivity contribution is -0.138. The molecule has 0 radical (unpaired) electrons. The maximum Gasteiger partial charge on any atom is 0.326 e. The van der Waals surface area contributed by atoms with Crippen LogP contribution in [-0.4, -0.2) is 22.1 Å². The van der Waals surface area contributed by atoms with Crippen molar-refractivity contribution in [2.75, 3.05) is 5.32 Å². The fraction of sp³-hybridized carbons (Fsp3) is 0.286. The van der Waals surface area contributed by atoms with Crippen LogP contribution in [0.15, 0.2) is 36.5 Å². The van der Waals surface area contributed by atoms with Crippen molar-refractivity contribution in [2.45, 2.75) is 19.9 Å². The third kappa shape index (κ3) is 3.32. The van der Waals surface area contributed by atoms with Gasteiger partial charge in [0, 0.05) is 6.20 Å². The molecule has 100 valence electrons. The molecule has 0 amide bonds. The molecule has 5 heteroatoms. The van der Waals surface area contributed by atoms with Gasteiger partial charge in [-0.3, -0.25) is 0 Å². The molecule has 1 heterocycles. The number of carboxylic acid groups (broad SMARTS) is 1. The van der Waals surface area contributed by atoms with Gasteiger partial charge in [0.2, 0.25) is 0 Å². The number of nitrogens with one attached hydrogen (secondary N) is 1. The van der Waals surface area contributed by atoms with E-state index in [2.05, 4.69) is 10.3 Å². The van der Waals surface area contributed by atoms with Crippen molar-refractivity contribution in [3.63, 3.8) is 0 Å². The number of rotatable bonds is 5. The number of nitrogens with zero attached hydrogens (tertiary/aromatic N) is 1. The lowest BCUT2D eigenvalue weighted by atomic mass is 10.1. The number of benzene rings is 1. The molecule has 0 fully saturated rings. The first-order chi connectivity index (χ1) is 9.08. The van der Waals surface area contributed by atoms with Crippen LogP contribution in [0.4, 0.5) is 5.13 Å². The van der Waals surface area contributed by atoms with Crippen molar-refractivity contribution in [3.05, 3.63) is 36.5 Å². The number of anilines is 1. The first-order valence-corrected chi connectivity index (χ1v) is 6.90. The molecule has 0 aliphatic heterocycles. The zero-order chi connectivity index (χ0) is 13.8. The molecule has 1 atom stereocenters. The average Bonchev–Trinajstić information content (AvgIpc) is 2.85. The van der Waals surface area contributed by atoms with Crippen LogP contribution in [0.5, 0.6) is 0 Å². The number of carbonyl (C=O) groups is 1. The first kappa shape index (κ1) is 13.5. The van der Waals surface area contributed by atoms with Gasteiger partial charge in [0.05, 0.1) is 4.88 Å². The maximum atomic E-state index is 11.1. The van der Waals surface area contributed by atoms with Gasteiger partial charge < -0.3 is 10.4 Å². The highest BCUT2D eigenvalue weighted by atomic mass is 32.1. The third-order valence-electron chi connectivity index (χ3n) is 2.78. The van der Waals surface area contributed by atoms with Crippen molar-refractivity contribution in [1.82, 2.24) is 4.98 Å². The smallest absolute Gasteiger partial charge is 0.326 e. The van der Waals surface area contributed by atoms with Gasteiger partial charge in [0.1, 0.15) is 6.04 Å². The minimum atomic E-state index is -0.855. The second-order valence-electron chi connectivity index (χ2n) is 4.60. The molecule has 0 bridgehead atoms. The van der Waals surface area contributed by atoms with Crippen LogP contribution in [-0.2, 0) is 4.79 Å². The Hall–Kier alpha value is -1.88. The van der Waals surface area contributed by atoms with Crippen molar-refractivity contribution in [1.29, 1.82) is 0 Å². The van der Waals surface area contributed by atoms with Gasteiger partial charge >= 0.3 is 5.97 Å². The Kier molecular flexibility index (Phi) is 4.16. The van der Waals surface area contributed by atoms with Crippen LogP contribution >= 0.6 is 11.3 Å². The molecule has 0 unspecified atom stereocenters. The van der Waals surface area contributed by atoms with Crippen molar-refractivity contribution >= 4 is 22.4 Å². The summed E-state index contributed by atoms with van der Waals surface area (Å²) in [6.07, 6.45) is 1.77. The number of aromatic nitrogens is 1. The molecule has 19 heavy (non-hydrogen) atoms. The maximum absolute atomic E-state index is 11.1.